The van der Waals surface area contributed by atoms with E-state index in [1.165, 1.54) is 0 Å². The summed E-state index contributed by atoms with van der Waals surface area (Å²) < 4.78 is 5.29. The normalized spacial score (nSPS) is 13.2. The van der Waals surface area contributed by atoms with Crippen LogP contribution in [0.1, 0.15) is 20.7 Å². The van der Waals surface area contributed by atoms with Gasteiger partial charge in [0.15, 0.2) is 0 Å². The minimum absolute atomic E-state index is 0.311. The summed E-state index contributed by atoms with van der Waals surface area (Å²) in [4.78, 5) is 37.6. The number of imide groups is 1. The van der Waals surface area contributed by atoms with Crippen LogP contribution in [0.15, 0.2) is 66.7 Å². The van der Waals surface area contributed by atoms with E-state index in [-0.39, 0.29) is 0 Å². The molecule has 3 aromatic rings. The van der Waals surface area contributed by atoms with Crippen LogP contribution < -0.4 is 4.74 Å². The molecule has 1 aliphatic heterocycles. The van der Waals surface area contributed by atoms with Gasteiger partial charge in [0.2, 0.25) is 0 Å². The maximum atomic E-state index is 12.3. The molecule has 0 saturated carbocycles. The predicted octanol–water partition coefficient (Wildman–Crippen LogP) is 3.04. The molecule has 5 heteroatoms. The van der Waals surface area contributed by atoms with Gasteiger partial charge in [-0.3, -0.25) is 14.5 Å². The monoisotopic (exact) mass is 331 g/mol. The highest BCUT2D eigenvalue weighted by Gasteiger charge is 2.36. The van der Waals surface area contributed by atoms with Gasteiger partial charge < -0.3 is 4.74 Å². The molecule has 0 bridgehead atoms. The van der Waals surface area contributed by atoms with Crippen molar-refractivity contribution in [3.05, 3.63) is 77.9 Å². The number of hydrogen-bond donors (Lipinski definition) is 0. The molecule has 0 spiro atoms. The first-order valence-corrected chi connectivity index (χ1v) is 7.78. The minimum Gasteiger partial charge on any atom is -0.425 e. The smallest absolute Gasteiger partial charge is 0.331 e. The molecule has 0 N–H and O–H groups in total. The Labute approximate surface area is 143 Å². The fraction of sp³-hybridized carbons (Fsp3) is 0.0500. The topological polar surface area (TPSA) is 63.7 Å². The number of amides is 2. The second kappa shape index (κ2) is 5.87. The van der Waals surface area contributed by atoms with E-state index in [1.807, 2.05) is 30.3 Å². The first-order chi connectivity index (χ1) is 12.1. The zero-order valence-corrected chi connectivity index (χ0v) is 13.1. The van der Waals surface area contributed by atoms with Crippen LogP contribution in [0.4, 0.5) is 0 Å². The summed E-state index contributed by atoms with van der Waals surface area (Å²) in [7, 11) is 0. The molecule has 0 saturated heterocycles. The maximum absolute atomic E-state index is 12.3. The molecular weight excluding hydrogens is 318 g/mol. The summed E-state index contributed by atoms with van der Waals surface area (Å²) in [6, 6.07) is 19.5. The van der Waals surface area contributed by atoms with Crippen LogP contribution in [-0.2, 0) is 4.79 Å². The zero-order chi connectivity index (χ0) is 17.4. The number of benzene rings is 3. The van der Waals surface area contributed by atoms with Crippen molar-refractivity contribution < 1.29 is 19.1 Å². The van der Waals surface area contributed by atoms with Crippen LogP contribution in [0, 0.1) is 0 Å². The number of ether oxygens (including phenoxy) is 1. The molecule has 4 rings (SSSR count). The van der Waals surface area contributed by atoms with E-state index in [2.05, 4.69) is 0 Å². The Bertz CT molecular complexity index is 990. The van der Waals surface area contributed by atoms with Gasteiger partial charge in [0.05, 0.1) is 11.1 Å². The number of rotatable bonds is 3. The van der Waals surface area contributed by atoms with E-state index < -0.39 is 24.3 Å². The van der Waals surface area contributed by atoms with E-state index in [0.717, 1.165) is 15.7 Å². The Morgan fingerprint density at radius 3 is 2.08 bits per heavy atom. The fourth-order valence-electron chi connectivity index (χ4n) is 2.91. The lowest BCUT2D eigenvalue weighted by molar-refractivity contribution is -0.134. The first-order valence-electron chi connectivity index (χ1n) is 7.78. The number of carbonyl (C=O) groups excluding carboxylic acids is 3. The van der Waals surface area contributed by atoms with Crippen LogP contribution in [0.25, 0.3) is 10.8 Å². The van der Waals surface area contributed by atoms with Crippen LogP contribution >= 0.6 is 0 Å². The predicted molar refractivity (Wildman–Crippen MR) is 91.4 cm³/mol. The molecule has 0 aromatic heterocycles. The molecule has 25 heavy (non-hydrogen) atoms. The molecule has 1 heterocycles. The average molecular weight is 331 g/mol. The highest BCUT2D eigenvalue weighted by molar-refractivity contribution is 6.22. The largest absolute Gasteiger partial charge is 0.425 e. The van der Waals surface area contributed by atoms with Gasteiger partial charge in [-0.15, -0.1) is 0 Å². The molecule has 0 fully saturated rings. The molecule has 0 atom stereocenters. The number of nitrogens with zero attached hydrogens (tertiary/aromatic N) is 1. The molecule has 0 radical (unpaired) electrons. The molecule has 0 unspecified atom stereocenters. The number of esters is 1. The lowest BCUT2D eigenvalue weighted by atomic mass is 10.1. The molecular formula is C20H13NO4. The molecule has 0 aliphatic carbocycles. The standard InChI is InChI=1S/C20H13NO4/c22-18(25-15-10-9-13-5-1-2-6-14(13)11-15)12-21-19(23)16-7-3-4-8-17(16)20(21)24/h1-11H,12H2. The van der Waals surface area contributed by atoms with Gasteiger partial charge in [-0.2, -0.15) is 0 Å². The summed E-state index contributed by atoms with van der Waals surface area (Å²) in [6.45, 7) is -0.417. The Morgan fingerprint density at radius 1 is 0.800 bits per heavy atom. The second-order valence-electron chi connectivity index (χ2n) is 5.73. The third-order valence-corrected chi connectivity index (χ3v) is 4.12. The van der Waals surface area contributed by atoms with E-state index in [1.54, 1.807) is 36.4 Å². The van der Waals surface area contributed by atoms with Gasteiger partial charge in [0.1, 0.15) is 12.3 Å². The van der Waals surface area contributed by atoms with Crippen molar-refractivity contribution in [3.63, 3.8) is 0 Å². The molecule has 2 amide bonds. The quantitative estimate of drug-likeness (QED) is 0.420. The Morgan fingerprint density at radius 2 is 1.40 bits per heavy atom. The number of carbonyl (C=O) groups is 3. The third kappa shape index (κ3) is 2.65. The number of hydrogen-bond acceptors (Lipinski definition) is 4. The lowest BCUT2D eigenvalue weighted by Crippen LogP contribution is -2.36. The van der Waals surface area contributed by atoms with E-state index >= 15 is 0 Å². The van der Waals surface area contributed by atoms with Crippen molar-refractivity contribution in [2.24, 2.45) is 0 Å². The Balaban J connectivity index is 1.51. The van der Waals surface area contributed by atoms with E-state index in [4.69, 9.17) is 4.74 Å². The summed E-state index contributed by atoms with van der Waals surface area (Å²) in [5.74, 6) is -1.24. The van der Waals surface area contributed by atoms with Crippen molar-refractivity contribution in [2.75, 3.05) is 6.54 Å². The van der Waals surface area contributed by atoms with E-state index in [9.17, 15) is 14.4 Å². The third-order valence-electron chi connectivity index (χ3n) is 4.12. The van der Waals surface area contributed by atoms with Gasteiger partial charge in [-0.25, -0.2) is 4.79 Å². The van der Waals surface area contributed by atoms with E-state index in [0.29, 0.717) is 16.9 Å². The zero-order valence-electron chi connectivity index (χ0n) is 13.1. The first kappa shape index (κ1) is 15.1. The van der Waals surface area contributed by atoms with Crippen molar-refractivity contribution >= 4 is 28.6 Å². The van der Waals surface area contributed by atoms with Gasteiger partial charge in [-0.05, 0) is 35.0 Å². The molecule has 1 aliphatic rings. The Kier molecular flexibility index (Phi) is 3.54. The van der Waals surface area contributed by atoms with Crippen molar-refractivity contribution in [1.29, 1.82) is 0 Å². The number of fused-ring (bicyclic) bond motifs is 2. The van der Waals surface area contributed by atoms with Crippen molar-refractivity contribution in [2.45, 2.75) is 0 Å². The van der Waals surface area contributed by atoms with Gasteiger partial charge in [0.25, 0.3) is 11.8 Å². The van der Waals surface area contributed by atoms with Gasteiger partial charge in [0, 0.05) is 0 Å². The maximum Gasteiger partial charge on any atom is 0.331 e. The van der Waals surface area contributed by atoms with Crippen LogP contribution in [0.2, 0.25) is 0 Å². The van der Waals surface area contributed by atoms with Crippen molar-refractivity contribution in [1.82, 2.24) is 4.90 Å². The summed E-state index contributed by atoms with van der Waals surface area (Å²) in [5, 5.41) is 1.97. The average Bonchev–Trinajstić information content (AvgIpc) is 2.87. The van der Waals surface area contributed by atoms with Crippen LogP contribution in [0.3, 0.4) is 0 Å². The summed E-state index contributed by atoms with van der Waals surface area (Å²) in [5.41, 5.74) is 0.622. The molecule has 5 nitrogen and oxygen atoms in total. The molecule has 122 valence electrons. The SMILES string of the molecule is O=C(CN1C(=O)c2ccccc2C1=O)Oc1ccc2ccccc2c1. The highest BCUT2D eigenvalue weighted by Crippen LogP contribution is 2.23. The van der Waals surface area contributed by atoms with Crippen molar-refractivity contribution in [3.8, 4) is 5.75 Å². The van der Waals surface area contributed by atoms with Gasteiger partial charge in [-0.1, -0.05) is 42.5 Å². The lowest BCUT2D eigenvalue weighted by Gasteiger charge is -2.13. The Hall–Kier alpha value is -3.47. The fourth-order valence-corrected chi connectivity index (χ4v) is 2.91. The minimum atomic E-state index is -0.662. The van der Waals surface area contributed by atoms with Gasteiger partial charge >= 0.3 is 5.97 Å². The highest BCUT2D eigenvalue weighted by atomic mass is 16.5. The van der Waals surface area contributed by atoms with Crippen LogP contribution in [-0.4, -0.2) is 29.2 Å². The summed E-state index contributed by atoms with van der Waals surface area (Å²) in [6.07, 6.45) is 0. The van der Waals surface area contributed by atoms with Crippen LogP contribution in [0.5, 0.6) is 5.75 Å². The second-order valence-corrected chi connectivity index (χ2v) is 5.73. The molecule has 3 aromatic carbocycles. The summed E-state index contributed by atoms with van der Waals surface area (Å²) >= 11 is 0.